The van der Waals surface area contributed by atoms with E-state index in [1.807, 2.05) is 13.0 Å². The highest BCUT2D eigenvalue weighted by Gasteiger charge is 2.09. The molecule has 0 aliphatic carbocycles. The van der Waals surface area contributed by atoms with Crippen molar-refractivity contribution in [1.29, 1.82) is 0 Å². The highest BCUT2D eigenvalue weighted by Crippen LogP contribution is 2.27. The summed E-state index contributed by atoms with van der Waals surface area (Å²) in [5.74, 6) is 0.610. The number of benzene rings is 1. The first-order valence-electron chi connectivity index (χ1n) is 7.61. The Morgan fingerprint density at radius 3 is 2.50 bits per heavy atom. The third-order valence-corrected chi connectivity index (χ3v) is 4.24. The largest absolute Gasteiger partial charge is 0.379 e. The van der Waals surface area contributed by atoms with E-state index in [1.165, 1.54) is 0 Å². The second kappa shape index (κ2) is 9.07. The summed E-state index contributed by atoms with van der Waals surface area (Å²) >= 11 is 12.2. The molecule has 3 heteroatoms. The molecule has 0 aromatic heterocycles. The first-order valence-corrected chi connectivity index (χ1v) is 8.37. The Balaban J connectivity index is 2.69. The van der Waals surface area contributed by atoms with Crippen molar-refractivity contribution in [2.24, 2.45) is 5.92 Å². The van der Waals surface area contributed by atoms with Gasteiger partial charge in [-0.05, 0) is 37.5 Å². The van der Waals surface area contributed by atoms with Crippen molar-refractivity contribution in [3.05, 3.63) is 64.2 Å². The molecule has 0 heterocycles. The summed E-state index contributed by atoms with van der Waals surface area (Å²) < 4.78 is 0. The van der Waals surface area contributed by atoms with Crippen molar-refractivity contribution < 1.29 is 0 Å². The molecule has 0 spiro atoms. The maximum atomic E-state index is 6.17. The zero-order valence-corrected chi connectivity index (χ0v) is 15.3. The van der Waals surface area contributed by atoms with Gasteiger partial charge in [0.2, 0.25) is 0 Å². The van der Waals surface area contributed by atoms with Gasteiger partial charge in [0.1, 0.15) is 0 Å². The first-order chi connectivity index (χ1) is 10.3. The molecule has 1 aromatic carbocycles. The van der Waals surface area contributed by atoms with Crippen LogP contribution in [0.5, 0.6) is 0 Å². The van der Waals surface area contributed by atoms with Crippen LogP contribution in [0, 0.1) is 12.8 Å². The van der Waals surface area contributed by atoms with Crippen LogP contribution in [0.2, 0.25) is 10.0 Å². The zero-order valence-electron chi connectivity index (χ0n) is 13.8. The summed E-state index contributed by atoms with van der Waals surface area (Å²) in [4.78, 5) is 0. The van der Waals surface area contributed by atoms with Gasteiger partial charge < -0.3 is 5.32 Å². The molecule has 22 heavy (non-hydrogen) atoms. The number of hydrogen-bond acceptors (Lipinski definition) is 1. The highest BCUT2D eigenvalue weighted by molar-refractivity contribution is 6.35. The van der Waals surface area contributed by atoms with Gasteiger partial charge in [-0.2, -0.15) is 0 Å². The summed E-state index contributed by atoms with van der Waals surface area (Å²) in [6, 6.07) is 3.81. The zero-order chi connectivity index (χ0) is 16.7. The Bertz CT molecular complexity index is 573. The molecule has 0 saturated heterocycles. The summed E-state index contributed by atoms with van der Waals surface area (Å²) in [5.41, 5.74) is 2.76. The van der Waals surface area contributed by atoms with Crippen LogP contribution >= 0.6 is 23.2 Å². The molecule has 0 saturated carbocycles. The van der Waals surface area contributed by atoms with Gasteiger partial charge in [-0.3, -0.25) is 0 Å². The van der Waals surface area contributed by atoms with Gasteiger partial charge in [-0.1, -0.05) is 74.4 Å². The lowest BCUT2D eigenvalue weighted by atomic mass is 10.1. The predicted octanol–water partition coefficient (Wildman–Crippen LogP) is 6.41. The molecule has 2 unspecified atom stereocenters. The standard InChI is InChI=1S/C19H25Cl2N/c1-6-13(2)9-7-8-10-14(3)22-16(5)18-11-17(20)12-19(21)15(18)4/h7-14,22H,5-6H2,1-4H3/b9-7-,10-8-. The van der Waals surface area contributed by atoms with Gasteiger partial charge in [0.25, 0.3) is 0 Å². The van der Waals surface area contributed by atoms with Gasteiger partial charge in [0, 0.05) is 27.3 Å². The van der Waals surface area contributed by atoms with Gasteiger partial charge in [-0.15, -0.1) is 0 Å². The number of nitrogens with one attached hydrogen (secondary N) is 1. The van der Waals surface area contributed by atoms with E-state index < -0.39 is 0 Å². The quantitative estimate of drug-likeness (QED) is 0.567. The van der Waals surface area contributed by atoms with Crippen molar-refractivity contribution in [3.8, 4) is 0 Å². The molecule has 0 fully saturated rings. The monoisotopic (exact) mass is 337 g/mol. The number of allylic oxidation sites excluding steroid dienone is 3. The predicted molar refractivity (Wildman–Crippen MR) is 101 cm³/mol. The molecule has 1 rings (SSSR count). The lowest BCUT2D eigenvalue weighted by molar-refractivity contribution is 0.698. The minimum atomic E-state index is 0.172. The van der Waals surface area contributed by atoms with Crippen LogP contribution in [0.4, 0.5) is 0 Å². The molecular weight excluding hydrogens is 313 g/mol. The highest BCUT2D eigenvalue weighted by atomic mass is 35.5. The fourth-order valence-corrected chi connectivity index (χ4v) is 2.47. The molecule has 0 bridgehead atoms. The average molecular weight is 338 g/mol. The van der Waals surface area contributed by atoms with Crippen molar-refractivity contribution >= 4 is 28.9 Å². The molecule has 0 amide bonds. The summed E-state index contributed by atoms with van der Waals surface area (Å²) in [7, 11) is 0. The van der Waals surface area contributed by atoms with Gasteiger partial charge in [0.05, 0.1) is 0 Å². The van der Waals surface area contributed by atoms with Crippen LogP contribution in [0.15, 0.2) is 43.0 Å². The SMILES string of the molecule is C=C(NC(C)/C=C\C=C/C(C)CC)c1cc(Cl)cc(Cl)c1C. The Kier molecular flexibility index (Phi) is 7.78. The van der Waals surface area contributed by atoms with E-state index in [0.29, 0.717) is 16.0 Å². The second-order valence-corrected chi connectivity index (χ2v) is 6.47. The first kappa shape index (κ1) is 18.9. The molecule has 1 nitrogen and oxygen atoms in total. The van der Waals surface area contributed by atoms with Crippen LogP contribution < -0.4 is 5.32 Å². The van der Waals surface area contributed by atoms with Crippen molar-refractivity contribution in [3.63, 3.8) is 0 Å². The van der Waals surface area contributed by atoms with E-state index in [4.69, 9.17) is 23.2 Å². The van der Waals surface area contributed by atoms with E-state index in [2.05, 4.69) is 57.0 Å². The number of halogens is 2. The van der Waals surface area contributed by atoms with Gasteiger partial charge in [0.15, 0.2) is 0 Å². The average Bonchev–Trinajstić information content (AvgIpc) is 2.46. The molecule has 0 aliphatic rings. The molecule has 1 aromatic rings. The molecule has 120 valence electrons. The smallest absolute Gasteiger partial charge is 0.0456 e. The minimum absolute atomic E-state index is 0.172. The minimum Gasteiger partial charge on any atom is -0.379 e. The molecular formula is C19H25Cl2N. The van der Waals surface area contributed by atoms with E-state index in [1.54, 1.807) is 6.07 Å². The summed E-state index contributed by atoms with van der Waals surface area (Å²) in [6.45, 7) is 12.5. The lowest BCUT2D eigenvalue weighted by Crippen LogP contribution is -2.22. The van der Waals surface area contributed by atoms with E-state index in [0.717, 1.165) is 23.2 Å². The van der Waals surface area contributed by atoms with E-state index >= 15 is 0 Å². The van der Waals surface area contributed by atoms with Gasteiger partial charge >= 0.3 is 0 Å². The molecule has 2 atom stereocenters. The Morgan fingerprint density at radius 2 is 1.86 bits per heavy atom. The topological polar surface area (TPSA) is 12.0 Å². The lowest BCUT2D eigenvalue weighted by Gasteiger charge is -2.17. The third kappa shape index (κ3) is 5.90. The fraction of sp³-hybridized carbons (Fsp3) is 0.368. The third-order valence-electron chi connectivity index (χ3n) is 3.63. The second-order valence-electron chi connectivity index (χ2n) is 5.63. The summed E-state index contributed by atoms with van der Waals surface area (Å²) in [6.07, 6.45) is 9.62. The van der Waals surface area contributed by atoms with Crippen molar-refractivity contribution in [2.75, 3.05) is 0 Å². The Hall–Kier alpha value is -1.18. The van der Waals surface area contributed by atoms with Crippen molar-refractivity contribution in [1.82, 2.24) is 5.32 Å². The Morgan fingerprint density at radius 1 is 1.23 bits per heavy atom. The maximum absolute atomic E-state index is 6.17. The van der Waals surface area contributed by atoms with E-state index in [-0.39, 0.29) is 6.04 Å². The van der Waals surface area contributed by atoms with Crippen LogP contribution in [0.25, 0.3) is 5.70 Å². The van der Waals surface area contributed by atoms with Crippen LogP contribution in [-0.4, -0.2) is 6.04 Å². The molecule has 0 radical (unpaired) electrons. The van der Waals surface area contributed by atoms with E-state index in [9.17, 15) is 0 Å². The van der Waals surface area contributed by atoms with Gasteiger partial charge in [-0.25, -0.2) is 0 Å². The van der Waals surface area contributed by atoms with Crippen LogP contribution in [-0.2, 0) is 0 Å². The molecule has 0 aliphatic heterocycles. The van der Waals surface area contributed by atoms with Crippen LogP contribution in [0.3, 0.4) is 0 Å². The molecule has 1 N–H and O–H groups in total. The number of hydrogen-bond donors (Lipinski definition) is 1. The fourth-order valence-electron chi connectivity index (χ4n) is 1.98. The van der Waals surface area contributed by atoms with Crippen LogP contribution in [0.1, 0.15) is 38.3 Å². The Labute approximate surface area is 144 Å². The summed E-state index contributed by atoms with van der Waals surface area (Å²) in [5, 5.41) is 4.64. The maximum Gasteiger partial charge on any atom is 0.0456 e. The van der Waals surface area contributed by atoms with Crippen molar-refractivity contribution in [2.45, 2.75) is 40.2 Å². The number of rotatable bonds is 7. The normalized spacial score (nSPS) is 14.5.